The molecular weight excluding hydrogens is 756 g/mol. The molecule has 1 aliphatic heterocycles. The van der Waals surface area contributed by atoms with Gasteiger partial charge in [0.2, 0.25) is 0 Å². The number of anilines is 1. The Morgan fingerprint density at radius 1 is 1.07 bits per heavy atom. The van der Waals surface area contributed by atoms with E-state index in [0.29, 0.717) is 37.9 Å². The first-order chi connectivity index (χ1) is 19.8. The van der Waals surface area contributed by atoms with E-state index in [1.54, 1.807) is 34.8 Å². The van der Waals surface area contributed by atoms with Gasteiger partial charge < -0.3 is 9.64 Å². The van der Waals surface area contributed by atoms with Crippen LogP contribution in [0.4, 0.5) is 5.69 Å². The average Bonchev–Trinajstić information content (AvgIpc) is 3.54. The van der Waals surface area contributed by atoms with Crippen LogP contribution in [-0.4, -0.2) is 57.1 Å². The van der Waals surface area contributed by atoms with Gasteiger partial charge in [0.1, 0.15) is 4.70 Å². The van der Waals surface area contributed by atoms with Crippen molar-refractivity contribution in [2.24, 2.45) is 0 Å². The van der Waals surface area contributed by atoms with Gasteiger partial charge in [0.05, 0.1) is 37.8 Å². The van der Waals surface area contributed by atoms with Gasteiger partial charge >= 0.3 is 5.97 Å². The van der Waals surface area contributed by atoms with E-state index in [1.165, 1.54) is 18.9 Å². The summed E-state index contributed by atoms with van der Waals surface area (Å²) in [6.45, 7) is 2.96. The third-order valence-corrected chi connectivity index (χ3v) is 12.2. The Morgan fingerprint density at radius 3 is 2.45 bits per heavy atom. The standard InChI is InChI=1S/C26H29IN2O8S5/c1-3-17(14-24-29(9-4-5-11-41(31,32)33)25-21(39-24)16-22(27)40-25)13-23-28(10-6-12-42(34,35)36)19-15-18(26(30)37-2)7-8-20(19)38-23/h7-8,13-16H,3-6,9-12H2,1-2H3,(H-,31,32,33,34,35,36)/p+1. The zero-order valence-electron chi connectivity index (χ0n) is 22.8. The van der Waals surface area contributed by atoms with E-state index in [4.69, 9.17) is 9.29 Å². The first-order valence-corrected chi connectivity index (χ1v) is 19.6. The Hall–Kier alpha value is -1.54. The maximum atomic E-state index is 12.2. The van der Waals surface area contributed by atoms with Crippen molar-refractivity contribution in [1.29, 1.82) is 0 Å². The number of methoxy groups -OCH3 is 1. The molecule has 16 heteroatoms. The van der Waals surface area contributed by atoms with Crippen LogP contribution in [0.3, 0.4) is 0 Å². The third-order valence-electron chi connectivity index (χ3n) is 6.37. The minimum absolute atomic E-state index is 0.188. The number of carbonyl (C=O) groups excluding carboxylic acids is 1. The number of benzene rings is 1. The third kappa shape index (κ3) is 8.77. The molecule has 10 nitrogen and oxygen atoms in total. The molecule has 42 heavy (non-hydrogen) atoms. The van der Waals surface area contributed by atoms with E-state index in [1.807, 2.05) is 17.9 Å². The smallest absolute Gasteiger partial charge is 0.337 e. The highest BCUT2D eigenvalue weighted by Gasteiger charge is 2.28. The van der Waals surface area contributed by atoms with Crippen molar-refractivity contribution in [3.63, 3.8) is 0 Å². The van der Waals surface area contributed by atoms with E-state index in [2.05, 4.69) is 45.4 Å². The van der Waals surface area contributed by atoms with Gasteiger partial charge in [-0.05, 0) is 77.8 Å². The van der Waals surface area contributed by atoms with Crippen molar-refractivity contribution >= 4 is 105 Å². The van der Waals surface area contributed by atoms with Gasteiger partial charge in [-0.2, -0.15) is 21.4 Å². The van der Waals surface area contributed by atoms with Crippen molar-refractivity contribution in [3.8, 4) is 0 Å². The van der Waals surface area contributed by atoms with Crippen LogP contribution in [0.1, 0.15) is 48.0 Å². The molecular formula is C26H30IN2O8S5+. The first-order valence-electron chi connectivity index (χ1n) is 12.9. The van der Waals surface area contributed by atoms with E-state index in [9.17, 15) is 26.2 Å². The van der Waals surface area contributed by atoms with E-state index in [-0.39, 0.29) is 17.9 Å². The Bertz CT molecular complexity index is 1760. The molecule has 1 aromatic carbocycles. The van der Waals surface area contributed by atoms with Crippen molar-refractivity contribution in [1.82, 2.24) is 0 Å². The molecule has 228 valence electrons. The summed E-state index contributed by atoms with van der Waals surface area (Å²) in [5.74, 6) is -1.13. The number of ether oxygens (including phenoxy) is 1. The number of aromatic nitrogens is 1. The zero-order chi connectivity index (χ0) is 30.7. The Kier molecular flexibility index (Phi) is 11.2. The fourth-order valence-corrected chi connectivity index (χ4v) is 10.1. The number of aryl methyl sites for hydroxylation is 1. The lowest BCUT2D eigenvalue weighted by molar-refractivity contribution is -0.667. The van der Waals surface area contributed by atoms with Gasteiger partial charge in [-0.3, -0.25) is 9.11 Å². The molecule has 4 rings (SSSR count). The van der Waals surface area contributed by atoms with Gasteiger partial charge in [-0.25, -0.2) is 4.79 Å². The molecule has 1 aliphatic rings. The molecule has 0 atom stereocenters. The predicted octanol–water partition coefficient (Wildman–Crippen LogP) is 5.83. The Labute approximate surface area is 271 Å². The highest BCUT2D eigenvalue weighted by Crippen LogP contribution is 2.47. The molecule has 0 saturated carbocycles. The summed E-state index contributed by atoms with van der Waals surface area (Å²) in [4.78, 5) is 16.2. The van der Waals surface area contributed by atoms with Crippen LogP contribution in [0.2, 0.25) is 0 Å². The van der Waals surface area contributed by atoms with Crippen LogP contribution < -0.4 is 9.47 Å². The molecule has 0 spiro atoms. The van der Waals surface area contributed by atoms with Gasteiger partial charge in [0.15, 0.2) is 6.54 Å². The van der Waals surface area contributed by atoms with E-state index < -0.39 is 26.2 Å². The fraction of sp³-hybridized carbons (Fsp3) is 0.385. The Balaban J connectivity index is 1.68. The monoisotopic (exact) mass is 785 g/mol. The normalized spacial score (nSPS) is 15.1. The summed E-state index contributed by atoms with van der Waals surface area (Å²) < 4.78 is 72.9. The molecule has 0 unspecified atom stereocenters. The predicted molar refractivity (Wildman–Crippen MR) is 177 cm³/mol. The number of carbonyl (C=O) groups is 1. The number of thiophene rings is 1. The lowest BCUT2D eigenvalue weighted by atomic mass is 10.1. The van der Waals surface area contributed by atoms with Gasteiger partial charge in [-0.15, -0.1) is 0 Å². The minimum Gasteiger partial charge on any atom is -0.465 e. The van der Waals surface area contributed by atoms with Crippen LogP contribution in [0.5, 0.6) is 0 Å². The average molecular weight is 786 g/mol. The molecule has 0 saturated heterocycles. The number of esters is 1. The van der Waals surface area contributed by atoms with Crippen molar-refractivity contribution in [2.45, 2.75) is 44.0 Å². The molecule has 0 radical (unpaired) electrons. The van der Waals surface area contributed by atoms with E-state index in [0.717, 1.165) is 38.6 Å². The molecule has 0 aliphatic carbocycles. The van der Waals surface area contributed by atoms with Crippen LogP contribution in [0.15, 0.2) is 45.8 Å². The molecule has 0 bridgehead atoms. The Morgan fingerprint density at radius 2 is 1.79 bits per heavy atom. The second-order valence-corrected chi connectivity index (χ2v) is 17.6. The molecule has 3 aromatic rings. The number of halogens is 1. The molecule has 2 N–H and O–H groups in total. The lowest BCUT2D eigenvalue weighted by Crippen LogP contribution is -2.34. The first kappa shape index (κ1) is 33.4. The summed E-state index contributed by atoms with van der Waals surface area (Å²) in [7, 11) is -6.82. The van der Waals surface area contributed by atoms with E-state index >= 15 is 0 Å². The highest BCUT2D eigenvalue weighted by atomic mass is 127. The summed E-state index contributed by atoms with van der Waals surface area (Å²) in [5.41, 5.74) is 2.17. The van der Waals surface area contributed by atoms with Crippen LogP contribution in [0.25, 0.3) is 15.6 Å². The van der Waals surface area contributed by atoms with Gasteiger partial charge in [-0.1, -0.05) is 41.4 Å². The molecule has 0 fully saturated rings. The molecule has 2 aromatic heterocycles. The quantitative estimate of drug-likeness (QED) is 0.0715. The van der Waals surface area contributed by atoms with Crippen LogP contribution >= 0.6 is 57.0 Å². The number of allylic oxidation sites excluding steroid dienone is 2. The summed E-state index contributed by atoms with van der Waals surface area (Å²) >= 11 is 7.12. The van der Waals surface area contributed by atoms with Gasteiger partial charge in [0, 0.05) is 23.9 Å². The van der Waals surface area contributed by atoms with Crippen LogP contribution in [0, 0.1) is 2.88 Å². The second kappa shape index (κ2) is 14.0. The number of rotatable bonds is 13. The number of nitrogens with zero attached hydrogens (tertiary/aromatic N) is 2. The van der Waals surface area contributed by atoms with Crippen LogP contribution in [-0.2, 0) is 31.5 Å². The number of hydrogen-bond donors (Lipinski definition) is 2. The van der Waals surface area contributed by atoms with Crippen molar-refractivity contribution in [3.05, 3.63) is 54.4 Å². The highest BCUT2D eigenvalue weighted by molar-refractivity contribution is 14.1. The number of thiazole rings is 1. The number of hydrogen-bond acceptors (Lipinski definition) is 10. The zero-order valence-corrected chi connectivity index (χ0v) is 29.0. The SMILES string of the molecule is CCC(=Cc1sc2cc(I)sc2[n+]1CCCCS(=O)(=O)O)C=C1Sc2ccc(C(=O)OC)cc2N1CCCS(=O)(=O)O. The summed E-state index contributed by atoms with van der Waals surface area (Å²) in [5, 5.41) is 1.88. The largest absolute Gasteiger partial charge is 0.465 e. The molecule has 3 heterocycles. The maximum Gasteiger partial charge on any atom is 0.337 e. The fourth-order valence-electron chi connectivity index (χ4n) is 4.39. The van der Waals surface area contributed by atoms with Crippen molar-refractivity contribution < 1.29 is 40.0 Å². The maximum absolute atomic E-state index is 12.2. The number of thioether (sulfide) groups is 1. The summed E-state index contributed by atoms with van der Waals surface area (Å²) in [6.07, 6.45) is 5.99. The summed E-state index contributed by atoms with van der Waals surface area (Å²) in [6, 6.07) is 7.39. The number of unbranched alkanes of at least 4 members (excludes halogenated alkanes) is 1. The van der Waals surface area contributed by atoms with Crippen molar-refractivity contribution in [2.75, 3.05) is 30.1 Å². The minimum atomic E-state index is -4.12. The second-order valence-electron chi connectivity index (χ2n) is 9.43. The van der Waals surface area contributed by atoms with Gasteiger partial charge in [0.25, 0.3) is 30.1 Å². The molecule has 0 amide bonds. The lowest BCUT2D eigenvalue weighted by Gasteiger charge is -2.21. The topological polar surface area (TPSA) is 142 Å². The number of fused-ring (bicyclic) bond motifs is 2.